The first-order valence-electron chi connectivity index (χ1n) is 18.3. The SMILES string of the molecule is CC(C)(C)OC(=O)N[C@@H](COC(=O)c1ccccc1)[C@@H](/C=C/CCCCCCCCCOc1ccc(C2(C(F)(F)F)NN2)cc1)OC(=O)c1ccccc1. The van der Waals surface area contributed by atoms with Crippen molar-refractivity contribution >= 4 is 18.0 Å². The van der Waals surface area contributed by atoms with E-state index in [1.54, 1.807) is 99.6 Å². The molecule has 0 unspecified atom stereocenters. The second-order valence-corrected chi connectivity index (χ2v) is 14.0. The summed E-state index contributed by atoms with van der Waals surface area (Å²) < 4.78 is 62.3. The molecule has 0 spiro atoms. The standard InChI is InChI=1S/C41H50F3N3O7/c1-39(2,3)54-38(50)45-34(29-52-36(48)30-19-13-11-14-20-30)35(53-37(49)31-21-15-12-16-22-31)23-17-9-7-5-4-6-8-10-18-28-51-33-26-24-32(25-27-33)40(46-47-40)41(42,43)44/h11-17,19-27,34-35,46-47H,4-10,18,28-29H2,1-3H3,(H,45,50)/b23-17+/t34-,35+/m0/s1. The molecule has 0 radical (unpaired) electrons. The van der Waals surface area contributed by atoms with Gasteiger partial charge in [0.15, 0.2) is 0 Å². The Hall–Kier alpha value is -4.88. The Morgan fingerprint density at radius 1 is 0.759 bits per heavy atom. The third-order valence-corrected chi connectivity index (χ3v) is 8.45. The van der Waals surface area contributed by atoms with Crippen LogP contribution in [0.25, 0.3) is 0 Å². The van der Waals surface area contributed by atoms with E-state index in [1.165, 1.54) is 12.1 Å². The molecule has 1 heterocycles. The first-order chi connectivity index (χ1) is 25.8. The van der Waals surface area contributed by atoms with Gasteiger partial charge in [0.2, 0.25) is 5.66 Å². The molecule has 1 aliphatic rings. The Balaban J connectivity index is 1.22. The van der Waals surface area contributed by atoms with Gasteiger partial charge in [-0.1, -0.05) is 86.7 Å². The van der Waals surface area contributed by atoms with Crippen LogP contribution < -0.4 is 20.9 Å². The van der Waals surface area contributed by atoms with Crippen LogP contribution in [0.1, 0.15) is 98.4 Å². The van der Waals surface area contributed by atoms with Gasteiger partial charge in [-0.05, 0) is 88.1 Å². The van der Waals surface area contributed by atoms with Gasteiger partial charge in [-0.2, -0.15) is 13.2 Å². The number of alkyl carbamates (subject to hydrolysis) is 1. The molecule has 0 aromatic heterocycles. The summed E-state index contributed by atoms with van der Waals surface area (Å²) in [5.74, 6) is -0.653. The molecule has 0 saturated carbocycles. The predicted molar refractivity (Wildman–Crippen MR) is 198 cm³/mol. The number of carbonyl (C=O) groups excluding carboxylic acids is 3. The smallest absolute Gasteiger partial charge is 0.426 e. The Kier molecular flexibility index (Phi) is 15.5. The summed E-state index contributed by atoms with van der Waals surface area (Å²) in [5.41, 5.74) is 2.18. The lowest BCUT2D eigenvalue weighted by atomic mass is 10.0. The highest BCUT2D eigenvalue weighted by atomic mass is 19.4. The lowest BCUT2D eigenvalue weighted by molar-refractivity contribution is -0.165. The number of hydrazine groups is 1. The van der Waals surface area contributed by atoms with Crippen LogP contribution in [0, 0.1) is 0 Å². The fourth-order valence-electron chi connectivity index (χ4n) is 5.50. The van der Waals surface area contributed by atoms with Gasteiger partial charge in [-0.15, -0.1) is 0 Å². The van der Waals surface area contributed by atoms with Gasteiger partial charge in [0.05, 0.1) is 17.7 Å². The fraction of sp³-hybridized carbons (Fsp3) is 0.439. The maximum atomic E-state index is 13.2. The van der Waals surface area contributed by atoms with Gasteiger partial charge < -0.3 is 24.3 Å². The summed E-state index contributed by atoms with van der Waals surface area (Å²) in [6.07, 6.45) is 4.93. The zero-order valence-corrected chi connectivity index (χ0v) is 31.0. The molecule has 292 valence electrons. The summed E-state index contributed by atoms with van der Waals surface area (Å²) in [7, 11) is 0. The number of rotatable bonds is 20. The highest BCUT2D eigenvalue weighted by molar-refractivity contribution is 5.90. The lowest BCUT2D eigenvalue weighted by Crippen LogP contribution is -2.49. The molecule has 1 amide bonds. The van der Waals surface area contributed by atoms with Crippen molar-refractivity contribution in [2.45, 2.75) is 102 Å². The summed E-state index contributed by atoms with van der Waals surface area (Å²) in [6.45, 7) is 5.39. The van der Waals surface area contributed by atoms with Crippen molar-refractivity contribution in [2.75, 3.05) is 13.2 Å². The number of amides is 1. The van der Waals surface area contributed by atoms with Crippen molar-refractivity contribution in [3.05, 3.63) is 114 Å². The molecule has 3 aromatic rings. The fourth-order valence-corrected chi connectivity index (χ4v) is 5.50. The molecule has 1 saturated heterocycles. The number of hydrogen-bond acceptors (Lipinski definition) is 9. The first-order valence-corrected chi connectivity index (χ1v) is 18.3. The minimum atomic E-state index is -4.44. The zero-order chi connectivity index (χ0) is 39.0. The van der Waals surface area contributed by atoms with E-state index in [1.807, 2.05) is 6.08 Å². The maximum absolute atomic E-state index is 13.2. The Morgan fingerprint density at radius 2 is 1.31 bits per heavy atom. The zero-order valence-electron chi connectivity index (χ0n) is 31.0. The van der Waals surface area contributed by atoms with E-state index in [-0.39, 0.29) is 12.2 Å². The van der Waals surface area contributed by atoms with Crippen LogP contribution in [0.4, 0.5) is 18.0 Å². The molecular weight excluding hydrogens is 703 g/mol. The van der Waals surface area contributed by atoms with E-state index >= 15 is 0 Å². The van der Waals surface area contributed by atoms with Crippen LogP contribution in [0.2, 0.25) is 0 Å². The van der Waals surface area contributed by atoms with Crippen LogP contribution in [0.15, 0.2) is 97.1 Å². The number of halogens is 3. The van der Waals surface area contributed by atoms with Crippen LogP contribution in [0.5, 0.6) is 5.75 Å². The summed E-state index contributed by atoms with van der Waals surface area (Å²) in [5, 5.41) is 2.73. The van der Waals surface area contributed by atoms with E-state index in [4.69, 9.17) is 18.9 Å². The van der Waals surface area contributed by atoms with E-state index in [0.717, 1.165) is 44.9 Å². The Morgan fingerprint density at radius 3 is 1.87 bits per heavy atom. The van der Waals surface area contributed by atoms with Crippen molar-refractivity contribution in [3.8, 4) is 5.75 Å². The quantitative estimate of drug-likeness (QED) is 0.0340. The number of alkyl halides is 3. The van der Waals surface area contributed by atoms with E-state index in [2.05, 4.69) is 16.2 Å². The molecule has 4 rings (SSSR count). The largest absolute Gasteiger partial charge is 0.494 e. The third kappa shape index (κ3) is 13.5. The summed E-state index contributed by atoms with van der Waals surface area (Å²) in [6, 6.07) is 21.9. The van der Waals surface area contributed by atoms with Crippen LogP contribution in [-0.2, 0) is 19.9 Å². The molecule has 10 nitrogen and oxygen atoms in total. The third-order valence-electron chi connectivity index (χ3n) is 8.45. The number of unbranched alkanes of at least 4 members (excludes halogenated alkanes) is 7. The number of hydrogen-bond donors (Lipinski definition) is 3. The molecule has 1 fully saturated rings. The van der Waals surface area contributed by atoms with E-state index < -0.39 is 47.6 Å². The molecule has 1 aliphatic heterocycles. The minimum Gasteiger partial charge on any atom is -0.494 e. The average Bonchev–Trinajstić information content (AvgIpc) is 3.96. The number of allylic oxidation sites excluding steroid dienone is 1. The average molecular weight is 754 g/mol. The van der Waals surface area contributed by atoms with E-state index in [0.29, 0.717) is 29.9 Å². The molecule has 0 bridgehead atoms. The highest BCUT2D eigenvalue weighted by Gasteiger charge is 2.65. The maximum Gasteiger partial charge on any atom is 0.426 e. The first kappa shape index (κ1) is 41.9. The normalized spacial score (nSPS) is 14.9. The van der Waals surface area contributed by atoms with Crippen molar-refractivity contribution in [3.63, 3.8) is 0 Å². The summed E-state index contributed by atoms with van der Waals surface area (Å²) in [4.78, 5) is 38.8. The van der Waals surface area contributed by atoms with Gasteiger partial charge in [-0.3, -0.25) is 0 Å². The highest BCUT2D eigenvalue weighted by Crippen LogP contribution is 2.42. The molecular formula is C41H50F3N3O7. The molecule has 3 N–H and O–H groups in total. The molecule has 54 heavy (non-hydrogen) atoms. The number of benzene rings is 3. The van der Waals surface area contributed by atoms with Crippen molar-refractivity contribution in [2.24, 2.45) is 0 Å². The second-order valence-electron chi connectivity index (χ2n) is 14.0. The minimum absolute atomic E-state index is 0.0883. The molecule has 0 aliphatic carbocycles. The van der Waals surface area contributed by atoms with Gasteiger partial charge in [-0.25, -0.2) is 25.2 Å². The lowest BCUT2D eigenvalue weighted by Gasteiger charge is -2.27. The van der Waals surface area contributed by atoms with Crippen molar-refractivity contribution < 1.29 is 46.5 Å². The van der Waals surface area contributed by atoms with Gasteiger partial charge in [0.1, 0.15) is 30.1 Å². The number of esters is 2. The number of ether oxygens (including phenoxy) is 4. The van der Waals surface area contributed by atoms with Gasteiger partial charge in [0.25, 0.3) is 0 Å². The Labute approximate surface area is 314 Å². The van der Waals surface area contributed by atoms with Crippen LogP contribution in [0.3, 0.4) is 0 Å². The molecule has 13 heteroatoms. The Bertz CT molecular complexity index is 1640. The monoisotopic (exact) mass is 753 g/mol. The number of carbonyl (C=O) groups is 3. The topological polar surface area (TPSA) is 144 Å². The van der Waals surface area contributed by atoms with Crippen molar-refractivity contribution in [1.29, 1.82) is 0 Å². The molecule has 2 atom stereocenters. The van der Waals surface area contributed by atoms with Crippen molar-refractivity contribution in [1.82, 2.24) is 16.2 Å². The van der Waals surface area contributed by atoms with Crippen LogP contribution in [-0.4, -0.2) is 55.2 Å². The van der Waals surface area contributed by atoms with Gasteiger partial charge in [0, 0.05) is 0 Å². The van der Waals surface area contributed by atoms with E-state index in [9.17, 15) is 27.6 Å². The summed E-state index contributed by atoms with van der Waals surface area (Å²) >= 11 is 0. The molecule has 3 aromatic carbocycles. The number of nitrogens with one attached hydrogen (secondary N) is 3. The van der Waals surface area contributed by atoms with Gasteiger partial charge >= 0.3 is 24.2 Å². The van der Waals surface area contributed by atoms with Crippen LogP contribution >= 0.6 is 0 Å². The second kappa shape index (κ2) is 20.0. The predicted octanol–water partition coefficient (Wildman–Crippen LogP) is 8.54.